The molecule has 0 radical (unpaired) electrons. The second-order valence-electron chi connectivity index (χ2n) is 4.61. The maximum atomic E-state index is 3.52. The van der Waals surface area contributed by atoms with Gasteiger partial charge in [-0.15, -0.1) is 11.3 Å². The Hall–Kier alpha value is -0.340. The molecule has 2 unspecified atom stereocenters. The molecular weight excluding hydrogens is 190 g/mol. The summed E-state index contributed by atoms with van der Waals surface area (Å²) in [6.45, 7) is 7.82. The lowest BCUT2D eigenvalue weighted by molar-refractivity contribution is 0.555. The largest absolute Gasteiger partial charge is 0.314 e. The van der Waals surface area contributed by atoms with Crippen LogP contribution in [-0.4, -0.2) is 12.6 Å². The monoisotopic (exact) mass is 209 g/mol. The fourth-order valence-corrected chi connectivity index (χ4v) is 2.95. The van der Waals surface area contributed by atoms with Crippen molar-refractivity contribution in [3.05, 3.63) is 21.9 Å². The first-order valence-corrected chi connectivity index (χ1v) is 6.28. The second-order valence-corrected chi connectivity index (χ2v) is 5.93. The number of hydrogen-bond acceptors (Lipinski definition) is 2. The summed E-state index contributed by atoms with van der Waals surface area (Å²) in [6.07, 6.45) is 1.39. The highest BCUT2D eigenvalue weighted by atomic mass is 32.1. The van der Waals surface area contributed by atoms with Crippen LogP contribution in [0.5, 0.6) is 0 Å². The van der Waals surface area contributed by atoms with Gasteiger partial charge in [-0.05, 0) is 43.9 Å². The van der Waals surface area contributed by atoms with Crippen LogP contribution in [-0.2, 0) is 0 Å². The number of thiophene rings is 1. The van der Waals surface area contributed by atoms with E-state index in [1.807, 2.05) is 11.3 Å². The molecule has 14 heavy (non-hydrogen) atoms. The van der Waals surface area contributed by atoms with Crippen LogP contribution < -0.4 is 5.32 Å². The normalized spacial score (nSPS) is 25.7. The Balaban J connectivity index is 1.81. The highest BCUT2D eigenvalue weighted by Gasteiger charge is 2.38. The highest BCUT2D eigenvalue weighted by molar-refractivity contribution is 7.12. The van der Waals surface area contributed by atoms with Crippen LogP contribution in [0.2, 0.25) is 0 Å². The Morgan fingerprint density at radius 2 is 2.29 bits per heavy atom. The van der Waals surface area contributed by atoms with Crippen molar-refractivity contribution in [3.8, 4) is 0 Å². The number of nitrogens with one attached hydrogen (secondary N) is 1. The zero-order chi connectivity index (χ0) is 10.1. The molecule has 0 amide bonds. The molecule has 2 atom stereocenters. The van der Waals surface area contributed by atoms with E-state index >= 15 is 0 Å². The van der Waals surface area contributed by atoms with Gasteiger partial charge in [0.05, 0.1) is 0 Å². The minimum Gasteiger partial charge on any atom is -0.314 e. The standard InChI is InChI=1S/C12H19NS/c1-8(2)13-7-10-6-11(10)12-5-4-9(3)14-12/h4-5,8,10-11,13H,6-7H2,1-3H3. The fourth-order valence-electron chi connectivity index (χ4n) is 1.86. The molecule has 1 aliphatic rings. The van der Waals surface area contributed by atoms with Gasteiger partial charge in [0.15, 0.2) is 0 Å². The van der Waals surface area contributed by atoms with Gasteiger partial charge in [-0.2, -0.15) is 0 Å². The molecule has 1 aromatic rings. The molecule has 1 saturated carbocycles. The number of rotatable bonds is 4. The van der Waals surface area contributed by atoms with E-state index in [2.05, 4.69) is 38.2 Å². The summed E-state index contributed by atoms with van der Waals surface area (Å²) in [5.74, 6) is 1.76. The van der Waals surface area contributed by atoms with E-state index in [9.17, 15) is 0 Å². The molecule has 1 aliphatic carbocycles. The smallest absolute Gasteiger partial charge is 0.00823 e. The Labute approximate surface area is 90.5 Å². The predicted octanol–water partition coefficient (Wildman–Crippen LogP) is 3.16. The topological polar surface area (TPSA) is 12.0 Å². The van der Waals surface area contributed by atoms with Gasteiger partial charge in [-0.3, -0.25) is 0 Å². The van der Waals surface area contributed by atoms with Gasteiger partial charge in [-0.1, -0.05) is 13.8 Å². The summed E-state index contributed by atoms with van der Waals surface area (Å²) >= 11 is 1.97. The van der Waals surface area contributed by atoms with Crippen LogP contribution in [0.15, 0.2) is 12.1 Å². The molecule has 0 spiro atoms. The summed E-state index contributed by atoms with van der Waals surface area (Å²) in [4.78, 5) is 3.04. The van der Waals surface area contributed by atoms with Gasteiger partial charge in [0.25, 0.3) is 0 Å². The van der Waals surface area contributed by atoms with E-state index in [-0.39, 0.29) is 0 Å². The summed E-state index contributed by atoms with van der Waals surface area (Å²) in [5.41, 5.74) is 0. The molecule has 0 saturated heterocycles. The molecule has 2 rings (SSSR count). The van der Waals surface area contributed by atoms with Crippen molar-refractivity contribution in [3.63, 3.8) is 0 Å². The Kier molecular flexibility index (Phi) is 2.93. The molecule has 2 heteroatoms. The van der Waals surface area contributed by atoms with Gasteiger partial charge in [-0.25, -0.2) is 0 Å². The van der Waals surface area contributed by atoms with Crippen molar-refractivity contribution in [1.82, 2.24) is 5.32 Å². The Morgan fingerprint density at radius 3 is 2.86 bits per heavy atom. The SMILES string of the molecule is Cc1ccc(C2CC2CNC(C)C)s1. The Morgan fingerprint density at radius 1 is 1.50 bits per heavy atom. The minimum absolute atomic E-state index is 0.626. The number of hydrogen-bond donors (Lipinski definition) is 1. The summed E-state index contributed by atoms with van der Waals surface area (Å²) in [5, 5.41) is 3.52. The van der Waals surface area contributed by atoms with E-state index in [0.717, 1.165) is 11.8 Å². The van der Waals surface area contributed by atoms with E-state index < -0.39 is 0 Å². The molecule has 1 N–H and O–H groups in total. The first-order valence-electron chi connectivity index (χ1n) is 5.46. The molecule has 1 fully saturated rings. The Bertz CT molecular complexity index is 303. The molecule has 1 aromatic heterocycles. The molecule has 0 aromatic carbocycles. The summed E-state index contributed by atoms with van der Waals surface area (Å²) < 4.78 is 0. The first-order chi connectivity index (χ1) is 6.66. The quantitative estimate of drug-likeness (QED) is 0.803. The molecule has 1 heterocycles. The van der Waals surface area contributed by atoms with Crippen molar-refractivity contribution in [2.75, 3.05) is 6.54 Å². The van der Waals surface area contributed by atoms with Gasteiger partial charge >= 0.3 is 0 Å². The average Bonchev–Trinajstić information content (AvgIpc) is 2.78. The zero-order valence-electron chi connectivity index (χ0n) is 9.21. The van der Waals surface area contributed by atoms with Crippen LogP contribution >= 0.6 is 11.3 Å². The second kappa shape index (κ2) is 4.03. The first kappa shape index (κ1) is 10.2. The van der Waals surface area contributed by atoms with E-state index in [1.165, 1.54) is 17.8 Å². The van der Waals surface area contributed by atoms with Gasteiger partial charge < -0.3 is 5.32 Å². The van der Waals surface area contributed by atoms with Gasteiger partial charge in [0.2, 0.25) is 0 Å². The van der Waals surface area contributed by atoms with Crippen LogP contribution in [0.25, 0.3) is 0 Å². The third-order valence-electron chi connectivity index (χ3n) is 2.84. The van der Waals surface area contributed by atoms with Crippen LogP contribution in [0, 0.1) is 12.8 Å². The maximum absolute atomic E-state index is 3.52. The summed E-state index contributed by atoms with van der Waals surface area (Å²) in [7, 11) is 0. The molecule has 78 valence electrons. The molecule has 0 bridgehead atoms. The van der Waals surface area contributed by atoms with E-state index in [0.29, 0.717) is 6.04 Å². The lowest BCUT2D eigenvalue weighted by Crippen LogP contribution is -2.25. The van der Waals surface area contributed by atoms with Crippen LogP contribution in [0.1, 0.15) is 35.9 Å². The van der Waals surface area contributed by atoms with Gasteiger partial charge in [0, 0.05) is 15.8 Å². The minimum atomic E-state index is 0.626. The van der Waals surface area contributed by atoms with E-state index in [4.69, 9.17) is 0 Å². The van der Waals surface area contributed by atoms with Crippen molar-refractivity contribution in [2.45, 2.75) is 39.2 Å². The zero-order valence-corrected chi connectivity index (χ0v) is 10.0. The highest BCUT2D eigenvalue weighted by Crippen LogP contribution is 2.49. The van der Waals surface area contributed by atoms with Crippen LogP contribution in [0.3, 0.4) is 0 Å². The lowest BCUT2D eigenvalue weighted by Gasteiger charge is -2.06. The number of aryl methyl sites for hydroxylation is 1. The molecule has 1 nitrogen and oxygen atoms in total. The van der Waals surface area contributed by atoms with Crippen molar-refractivity contribution >= 4 is 11.3 Å². The summed E-state index contributed by atoms with van der Waals surface area (Å²) in [6, 6.07) is 5.17. The van der Waals surface area contributed by atoms with Crippen LogP contribution in [0.4, 0.5) is 0 Å². The maximum Gasteiger partial charge on any atom is 0.00823 e. The van der Waals surface area contributed by atoms with Crippen molar-refractivity contribution in [2.24, 2.45) is 5.92 Å². The molecular formula is C12H19NS. The predicted molar refractivity (Wildman–Crippen MR) is 63.0 cm³/mol. The third kappa shape index (κ3) is 2.37. The van der Waals surface area contributed by atoms with Crippen molar-refractivity contribution in [1.29, 1.82) is 0 Å². The van der Waals surface area contributed by atoms with Gasteiger partial charge in [0.1, 0.15) is 0 Å². The lowest BCUT2D eigenvalue weighted by atomic mass is 10.2. The van der Waals surface area contributed by atoms with E-state index in [1.54, 1.807) is 4.88 Å². The third-order valence-corrected chi connectivity index (χ3v) is 3.97. The van der Waals surface area contributed by atoms with Crippen molar-refractivity contribution < 1.29 is 0 Å². The molecule has 0 aliphatic heterocycles. The fraction of sp³-hybridized carbons (Fsp3) is 0.667. The average molecular weight is 209 g/mol.